The highest BCUT2D eigenvalue weighted by atomic mass is 16.6. The van der Waals surface area contributed by atoms with Crippen LogP contribution in [0, 0.1) is 10.1 Å². The first kappa shape index (κ1) is 9.11. The first-order chi connectivity index (χ1) is 6.07. The molecule has 0 aliphatic heterocycles. The largest absolute Gasteiger partial charge is 0.503 e. The van der Waals surface area contributed by atoms with Crippen LogP contribution in [-0.4, -0.2) is 17.1 Å². The number of nitrogens with zero attached hydrogens (tertiary/aromatic N) is 1. The van der Waals surface area contributed by atoms with E-state index in [0.717, 1.165) is 0 Å². The molecule has 0 aromatic heterocycles. The predicted octanol–water partition coefficient (Wildman–Crippen LogP) is 0.891. The van der Waals surface area contributed by atoms with Gasteiger partial charge in [-0.3, -0.25) is 10.1 Å². The number of phenols is 1. The number of nitrogens with two attached hydrogens (primary N) is 1. The Bertz CT molecular complexity index is 351. The molecule has 1 aromatic carbocycles. The van der Waals surface area contributed by atoms with E-state index in [-0.39, 0.29) is 17.1 Å². The van der Waals surface area contributed by atoms with Gasteiger partial charge < -0.3 is 15.6 Å². The van der Waals surface area contributed by atoms with Crippen molar-refractivity contribution in [3.8, 4) is 11.5 Å². The van der Waals surface area contributed by atoms with Crippen molar-refractivity contribution in [1.29, 1.82) is 0 Å². The summed E-state index contributed by atoms with van der Waals surface area (Å²) in [6.45, 7) is 0. The molecule has 0 unspecified atom stereocenters. The second kappa shape index (κ2) is 3.18. The molecule has 3 N–H and O–H groups in total. The number of nitro benzene ring substituents is 1. The van der Waals surface area contributed by atoms with Gasteiger partial charge in [0.15, 0.2) is 17.2 Å². The zero-order chi connectivity index (χ0) is 10.0. The summed E-state index contributed by atoms with van der Waals surface area (Å²) in [5, 5.41) is 19.6. The number of hydrogen-bond donors (Lipinski definition) is 2. The molecule has 0 atom stereocenters. The zero-order valence-corrected chi connectivity index (χ0v) is 6.85. The molecule has 0 bridgehead atoms. The van der Waals surface area contributed by atoms with Crippen LogP contribution >= 0.6 is 0 Å². The summed E-state index contributed by atoms with van der Waals surface area (Å²) >= 11 is 0. The van der Waals surface area contributed by atoms with Crippen molar-refractivity contribution in [2.24, 2.45) is 0 Å². The average Bonchev–Trinajstić information content (AvgIpc) is 2.09. The van der Waals surface area contributed by atoms with Crippen LogP contribution in [0.3, 0.4) is 0 Å². The van der Waals surface area contributed by atoms with Crippen molar-refractivity contribution in [3.05, 3.63) is 22.2 Å². The summed E-state index contributed by atoms with van der Waals surface area (Å²) in [7, 11) is 1.33. The van der Waals surface area contributed by atoms with Crippen molar-refractivity contribution in [2.75, 3.05) is 12.8 Å². The number of phenolic OH excluding ortho intramolecular Hbond substituents is 1. The number of anilines is 1. The van der Waals surface area contributed by atoms with E-state index in [1.54, 1.807) is 0 Å². The molecule has 0 aliphatic rings. The average molecular weight is 184 g/mol. The Morgan fingerprint density at radius 1 is 1.62 bits per heavy atom. The molecule has 0 aliphatic carbocycles. The number of nitro groups is 1. The third kappa shape index (κ3) is 1.46. The normalized spacial score (nSPS) is 9.62. The fraction of sp³-hybridized carbons (Fsp3) is 0.143. The molecule has 0 spiro atoms. The van der Waals surface area contributed by atoms with E-state index in [9.17, 15) is 15.2 Å². The van der Waals surface area contributed by atoms with Crippen LogP contribution in [0.1, 0.15) is 0 Å². The van der Waals surface area contributed by atoms with Gasteiger partial charge in [-0.25, -0.2) is 0 Å². The van der Waals surface area contributed by atoms with Gasteiger partial charge in [0.1, 0.15) is 0 Å². The molecular formula is C7H8N2O4. The van der Waals surface area contributed by atoms with E-state index in [1.807, 2.05) is 0 Å². The number of hydrogen-bond acceptors (Lipinski definition) is 5. The minimum Gasteiger partial charge on any atom is -0.503 e. The second-order valence-corrected chi connectivity index (χ2v) is 2.31. The number of ether oxygens (including phenoxy) is 1. The second-order valence-electron chi connectivity index (χ2n) is 2.31. The molecule has 1 rings (SSSR count). The quantitative estimate of drug-likeness (QED) is 0.308. The van der Waals surface area contributed by atoms with E-state index < -0.39 is 10.7 Å². The third-order valence-corrected chi connectivity index (χ3v) is 1.57. The van der Waals surface area contributed by atoms with E-state index in [2.05, 4.69) is 0 Å². The van der Waals surface area contributed by atoms with E-state index >= 15 is 0 Å². The van der Waals surface area contributed by atoms with Gasteiger partial charge in [-0.15, -0.1) is 0 Å². The summed E-state index contributed by atoms with van der Waals surface area (Å²) in [4.78, 5) is 9.68. The van der Waals surface area contributed by atoms with Crippen molar-refractivity contribution in [3.63, 3.8) is 0 Å². The van der Waals surface area contributed by atoms with Crippen LogP contribution in [0.2, 0.25) is 0 Å². The third-order valence-electron chi connectivity index (χ3n) is 1.57. The van der Waals surface area contributed by atoms with Gasteiger partial charge in [0.25, 0.3) is 5.69 Å². The van der Waals surface area contributed by atoms with Gasteiger partial charge in [-0.1, -0.05) is 0 Å². The minimum atomic E-state index is -0.672. The molecule has 0 heterocycles. The van der Waals surface area contributed by atoms with Gasteiger partial charge >= 0.3 is 0 Å². The van der Waals surface area contributed by atoms with E-state index in [0.29, 0.717) is 0 Å². The number of rotatable bonds is 2. The lowest BCUT2D eigenvalue weighted by Crippen LogP contribution is -1.97. The first-order valence-corrected chi connectivity index (χ1v) is 3.37. The summed E-state index contributed by atoms with van der Waals surface area (Å²) < 4.78 is 4.71. The molecule has 0 saturated heterocycles. The Hall–Kier alpha value is -1.98. The molecule has 13 heavy (non-hydrogen) atoms. The van der Waals surface area contributed by atoms with Crippen molar-refractivity contribution >= 4 is 11.4 Å². The van der Waals surface area contributed by atoms with Gasteiger partial charge in [0.05, 0.1) is 12.0 Å². The van der Waals surface area contributed by atoms with E-state index in [4.69, 9.17) is 10.5 Å². The summed E-state index contributed by atoms with van der Waals surface area (Å²) in [5.74, 6) is -0.292. The number of methoxy groups -OCH3 is 1. The molecule has 0 amide bonds. The molecule has 6 heteroatoms. The highest BCUT2D eigenvalue weighted by Crippen LogP contribution is 2.38. The van der Waals surface area contributed by atoms with Crippen LogP contribution in [0.15, 0.2) is 12.1 Å². The molecule has 0 saturated carbocycles. The Morgan fingerprint density at radius 2 is 2.23 bits per heavy atom. The Labute approximate surface area is 73.7 Å². The van der Waals surface area contributed by atoms with Gasteiger partial charge in [-0.2, -0.15) is 0 Å². The lowest BCUT2D eigenvalue weighted by molar-refractivity contribution is -0.384. The Balaban J connectivity index is 3.31. The highest BCUT2D eigenvalue weighted by Gasteiger charge is 2.17. The van der Waals surface area contributed by atoms with Gasteiger partial charge in [0.2, 0.25) is 0 Å². The van der Waals surface area contributed by atoms with Crippen molar-refractivity contribution < 1.29 is 14.8 Å². The summed E-state index contributed by atoms with van der Waals surface area (Å²) in [6, 6.07) is 2.46. The monoisotopic (exact) mass is 184 g/mol. The van der Waals surface area contributed by atoms with E-state index in [1.165, 1.54) is 19.2 Å². The molecule has 0 fully saturated rings. The highest BCUT2D eigenvalue weighted by molar-refractivity contribution is 5.71. The minimum absolute atomic E-state index is 0.114. The standard InChI is InChI=1S/C7H8N2O4/c1-13-5-3-2-4(9(11)12)6(8)7(5)10/h2-3,10H,8H2,1H3. The Kier molecular flexibility index (Phi) is 2.23. The molecule has 70 valence electrons. The van der Waals surface area contributed by atoms with Gasteiger partial charge in [0, 0.05) is 6.07 Å². The number of nitrogen functional groups attached to an aromatic ring is 1. The topological polar surface area (TPSA) is 98.6 Å². The van der Waals surface area contributed by atoms with Crippen LogP contribution < -0.4 is 10.5 Å². The molecule has 6 nitrogen and oxygen atoms in total. The van der Waals surface area contributed by atoms with Crippen LogP contribution in [-0.2, 0) is 0 Å². The fourth-order valence-corrected chi connectivity index (χ4v) is 0.901. The molecular weight excluding hydrogens is 176 g/mol. The lowest BCUT2D eigenvalue weighted by atomic mass is 10.2. The SMILES string of the molecule is COc1ccc([N+](=O)[O-])c(N)c1O. The first-order valence-electron chi connectivity index (χ1n) is 3.37. The number of aromatic hydroxyl groups is 1. The van der Waals surface area contributed by atoms with Crippen LogP contribution in [0.25, 0.3) is 0 Å². The van der Waals surface area contributed by atoms with Crippen LogP contribution in [0.4, 0.5) is 11.4 Å². The fourth-order valence-electron chi connectivity index (χ4n) is 0.901. The maximum Gasteiger partial charge on any atom is 0.296 e. The van der Waals surface area contributed by atoms with Crippen molar-refractivity contribution in [1.82, 2.24) is 0 Å². The summed E-state index contributed by atoms with van der Waals surface area (Å²) in [6.07, 6.45) is 0. The zero-order valence-electron chi connectivity index (χ0n) is 6.85. The Morgan fingerprint density at radius 3 is 2.69 bits per heavy atom. The summed E-state index contributed by atoms with van der Waals surface area (Å²) in [5.41, 5.74) is 4.67. The van der Waals surface area contributed by atoms with Crippen LogP contribution in [0.5, 0.6) is 11.5 Å². The number of benzene rings is 1. The lowest BCUT2D eigenvalue weighted by Gasteiger charge is -2.04. The van der Waals surface area contributed by atoms with Gasteiger partial charge in [-0.05, 0) is 6.07 Å². The molecule has 1 aromatic rings. The van der Waals surface area contributed by atoms with Crippen molar-refractivity contribution in [2.45, 2.75) is 0 Å². The predicted molar refractivity (Wildman–Crippen MR) is 45.7 cm³/mol. The maximum atomic E-state index is 10.3. The maximum absolute atomic E-state index is 10.3. The smallest absolute Gasteiger partial charge is 0.296 e. The molecule has 0 radical (unpaired) electrons.